The average molecular weight is 552 g/mol. The second-order valence-electron chi connectivity index (χ2n) is 9.94. The van der Waals surface area contributed by atoms with E-state index in [9.17, 15) is 0 Å². The zero-order chi connectivity index (χ0) is 26.7. The Hall–Kier alpha value is -2.71. The van der Waals surface area contributed by atoms with Crippen LogP contribution in [0, 0.1) is 0 Å². The summed E-state index contributed by atoms with van der Waals surface area (Å²) in [6.07, 6.45) is 0.799. The molecule has 0 N–H and O–H groups in total. The van der Waals surface area contributed by atoms with E-state index in [-0.39, 0.29) is 0 Å². The molecule has 0 aliphatic rings. The summed E-state index contributed by atoms with van der Waals surface area (Å²) in [7, 11) is 10.3. The van der Waals surface area contributed by atoms with E-state index in [0.29, 0.717) is 10.0 Å². The maximum Gasteiger partial charge on any atom is 0.116 e. The maximum atomic E-state index is 6.81. The first kappa shape index (κ1) is 27.3. The topological polar surface area (TPSA) is 9.72 Å². The lowest BCUT2D eigenvalue weighted by Crippen LogP contribution is -2.33. The Morgan fingerprint density at radius 1 is 0.514 bits per heavy atom. The quantitative estimate of drug-likeness (QED) is 0.226. The largest absolute Gasteiger partial charge is 0.378 e. The summed E-state index contributed by atoms with van der Waals surface area (Å²) in [5, 5.41) is 5.31. The molecule has 0 fully saturated rings. The Bertz CT molecular complexity index is 1210. The zero-order valence-electron chi connectivity index (χ0n) is 22.4. The summed E-state index contributed by atoms with van der Waals surface area (Å²) in [5.74, 6) is 0. The summed E-state index contributed by atoms with van der Waals surface area (Å²) in [6.45, 7) is 0. The van der Waals surface area contributed by atoms with E-state index in [2.05, 4.69) is 136 Å². The van der Waals surface area contributed by atoms with Crippen LogP contribution >= 0.6 is 30.5 Å². The third kappa shape index (κ3) is 5.75. The molecule has 4 aromatic carbocycles. The van der Waals surface area contributed by atoms with Crippen molar-refractivity contribution in [1.29, 1.82) is 0 Å². The number of anilines is 3. The van der Waals surface area contributed by atoms with Gasteiger partial charge >= 0.3 is 0 Å². The standard InChI is InChI=1S/C31H35Cl2N3P/c1-34(2)25-9-15-28(16-10-25)37(22-23-7-8-24(32)21-31(23)33,29-17-11-26(12-18-29)35(3)4)30-19-13-27(14-20-30)36(5)6/h7-21H,22H2,1-6H3/q+1. The third-order valence-electron chi connectivity index (χ3n) is 6.84. The zero-order valence-corrected chi connectivity index (χ0v) is 24.8. The van der Waals surface area contributed by atoms with Gasteiger partial charge in [-0.05, 0) is 84.9 Å². The number of nitrogens with zero attached hydrogens (tertiary/aromatic N) is 3. The molecule has 3 nitrogen and oxygen atoms in total. The molecule has 0 aromatic heterocycles. The molecular weight excluding hydrogens is 516 g/mol. The van der Waals surface area contributed by atoms with Gasteiger partial charge in [0.25, 0.3) is 0 Å². The van der Waals surface area contributed by atoms with Gasteiger partial charge in [0.05, 0.1) is 6.16 Å². The van der Waals surface area contributed by atoms with E-state index in [1.54, 1.807) is 0 Å². The van der Waals surface area contributed by atoms with Crippen LogP contribution in [-0.2, 0) is 6.16 Å². The lowest BCUT2D eigenvalue weighted by molar-refractivity contribution is 1.13. The maximum absolute atomic E-state index is 6.81. The molecular formula is C31H35Cl2N3P+. The predicted molar refractivity (Wildman–Crippen MR) is 168 cm³/mol. The van der Waals surface area contributed by atoms with Crippen molar-refractivity contribution in [1.82, 2.24) is 0 Å². The first-order valence-corrected chi connectivity index (χ1v) is 15.0. The monoisotopic (exact) mass is 550 g/mol. The first-order chi connectivity index (χ1) is 17.6. The molecule has 6 heteroatoms. The van der Waals surface area contributed by atoms with Gasteiger partial charge in [-0.15, -0.1) is 0 Å². The van der Waals surface area contributed by atoms with Crippen LogP contribution < -0.4 is 30.6 Å². The highest BCUT2D eigenvalue weighted by Crippen LogP contribution is 2.59. The molecule has 4 rings (SSSR count). The van der Waals surface area contributed by atoms with Gasteiger partial charge in [-0.3, -0.25) is 0 Å². The highest BCUT2D eigenvalue weighted by Gasteiger charge is 2.46. The number of hydrogen-bond acceptors (Lipinski definition) is 3. The summed E-state index contributed by atoms with van der Waals surface area (Å²) < 4.78 is 0. The fourth-order valence-corrected chi connectivity index (χ4v) is 9.41. The van der Waals surface area contributed by atoms with Crippen LogP contribution in [0.3, 0.4) is 0 Å². The molecule has 0 saturated heterocycles. The normalized spacial score (nSPS) is 11.4. The van der Waals surface area contributed by atoms with Gasteiger partial charge in [-0.1, -0.05) is 29.3 Å². The lowest BCUT2D eigenvalue weighted by Gasteiger charge is -2.29. The summed E-state index contributed by atoms with van der Waals surface area (Å²) in [4.78, 5) is 6.41. The van der Waals surface area contributed by atoms with E-state index in [1.807, 2.05) is 12.1 Å². The molecule has 0 unspecified atom stereocenters. The van der Waals surface area contributed by atoms with Crippen molar-refractivity contribution < 1.29 is 0 Å². The van der Waals surface area contributed by atoms with E-state index in [1.165, 1.54) is 33.0 Å². The van der Waals surface area contributed by atoms with Crippen molar-refractivity contribution in [2.75, 3.05) is 57.0 Å². The van der Waals surface area contributed by atoms with E-state index >= 15 is 0 Å². The number of rotatable bonds is 8. The summed E-state index contributed by atoms with van der Waals surface area (Å²) in [6, 6.07) is 33.0. The highest BCUT2D eigenvalue weighted by atomic mass is 35.5. The average Bonchev–Trinajstić information content (AvgIpc) is 2.89. The van der Waals surface area contributed by atoms with Crippen LogP contribution in [0.25, 0.3) is 0 Å². The second-order valence-corrected chi connectivity index (χ2v) is 14.3. The molecule has 0 atom stereocenters. The molecule has 0 amide bonds. The molecule has 0 radical (unpaired) electrons. The third-order valence-corrected chi connectivity index (χ3v) is 11.8. The minimum Gasteiger partial charge on any atom is -0.378 e. The minimum atomic E-state index is -2.15. The van der Waals surface area contributed by atoms with Crippen molar-refractivity contribution in [3.05, 3.63) is 107 Å². The number of benzene rings is 4. The van der Waals surface area contributed by atoms with E-state index < -0.39 is 7.26 Å². The Kier molecular flexibility index (Phi) is 8.39. The summed E-state index contributed by atoms with van der Waals surface area (Å²) in [5.41, 5.74) is 4.64. The van der Waals surface area contributed by atoms with Gasteiger partial charge in [0.1, 0.15) is 23.2 Å². The molecule has 0 aliphatic heterocycles. The molecule has 192 valence electrons. The van der Waals surface area contributed by atoms with Gasteiger partial charge in [0.15, 0.2) is 0 Å². The highest BCUT2D eigenvalue weighted by molar-refractivity contribution is 7.95. The molecule has 0 bridgehead atoms. The van der Waals surface area contributed by atoms with Gasteiger partial charge in [0.2, 0.25) is 0 Å². The smallest absolute Gasteiger partial charge is 0.116 e. The van der Waals surface area contributed by atoms with Gasteiger partial charge in [0, 0.05) is 75.0 Å². The molecule has 0 heterocycles. The van der Waals surface area contributed by atoms with E-state index in [0.717, 1.165) is 11.7 Å². The lowest BCUT2D eigenvalue weighted by atomic mass is 10.2. The SMILES string of the molecule is CN(C)c1ccc([P+](Cc2ccc(Cl)cc2Cl)(c2ccc(N(C)C)cc2)c2ccc(N(C)C)cc2)cc1. The summed E-state index contributed by atoms with van der Waals surface area (Å²) >= 11 is 13.1. The second kappa shape index (κ2) is 11.4. The fourth-order valence-electron chi connectivity index (χ4n) is 4.64. The van der Waals surface area contributed by atoms with Crippen LogP contribution in [0.5, 0.6) is 0 Å². The fraction of sp³-hybridized carbons (Fsp3) is 0.226. The first-order valence-electron chi connectivity index (χ1n) is 12.3. The van der Waals surface area contributed by atoms with Crippen LogP contribution in [0.1, 0.15) is 5.56 Å². The molecule has 0 saturated carbocycles. The Balaban J connectivity index is 2.01. The molecule has 0 aliphatic carbocycles. The van der Waals surface area contributed by atoms with Crippen molar-refractivity contribution in [2.45, 2.75) is 6.16 Å². The van der Waals surface area contributed by atoms with Crippen molar-refractivity contribution in [3.63, 3.8) is 0 Å². The Morgan fingerprint density at radius 3 is 1.16 bits per heavy atom. The van der Waals surface area contributed by atoms with Crippen molar-refractivity contribution in [2.24, 2.45) is 0 Å². The van der Waals surface area contributed by atoms with Crippen LogP contribution in [0.4, 0.5) is 17.1 Å². The molecule has 37 heavy (non-hydrogen) atoms. The molecule has 0 spiro atoms. The van der Waals surface area contributed by atoms with E-state index in [4.69, 9.17) is 23.2 Å². The number of halogens is 2. The predicted octanol–water partition coefficient (Wildman–Crippen LogP) is 6.69. The van der Waals surface area contributed by atoms with Crippen LogP contribution in [0.2, 0.25) is 10.0 Å². The van der Waals surface area contributed by atoms with Crippen molar-refractivity contribution >= 4 is 63.4 Å². The Labute approximate surface area is 232 Å². The van der Waals surface area contributed by atoms with Gasteiger partial charge < -0.3 is 14.7 Å². The van der Waals surface area contributed by atoms with Gasteiger partial charge in [-0.2, -0.15) is 0 Å². The number of hydrogen-bond donors (Lipinski definition) is 0. The van der Waals surface area contributed by atoms with Crippen molar-refractivity contribution in [3.8, 4) is 0 Å². The Morgan fingerprint density at radius 2 is 0.865 bits per heavy atom. The minimum absolute atomic E-state index is 0.652. The van der Waals surface area contributed by atoms with Gasteiger partial charge in [-0.25, -0.2) is 0 Å². The van der Waals surface area contributed by atoms with Crippen LogP contribution in [-0.4, -0.2) is 42.3 Å². The van der Waals surface area contributed by atoms with Crippen LogP contribution in [0.15, 0.2) is 91.0 Å². The molecule has 4 aromatic rings.